The largest absolute Gasteiger partial charge is 0.350 e. The fourth-order valence-electron chi connectivity index (χ4n) is 2.16. The summed E-state index contributed by atoms with van der Waals surface area (Å²) in [7, 11) is 0. The van der Waals surface area contributed by atoms with Crippen molar-refractivity contribution in [2.45, 2.75) is 6.92 Å². The highest BCUT2D eigenvalue weighted by Crippen LogP contribution is 2.23. The average Bonchev–Trinajstić information content (AvgIpc) is 2.53. The Hall–Kier alpha value is -2.28. The van der Waals surface area contributed by atoms with Crippen LogP contribution in [0.4, 0.5) is 14.5 Å². The van der Waals surface area contributed by atoms with E-state index in [1.807, 2.05) is 0 Å². The number of amides is 2. The highest BCUT2D eigenvalue weighted by atomic mass is 79.9. The van der Waals surface area contributed by atoms with Gasteiger partial charge in [-0.25, -0.2) is 8.78 Å². The van der Waals surface area contributed by atoms with E-state index in [-0.39, 0.29) is 19.0 Å². The Bertz CT molecular complexity index is 731. The highest BCUT2D eigenvalue weighted by Gasteiger charge is 2.20. The normalized spacial score (nSPS) is 10.3. The second kappa shape index (κ2) is 8.01. The Balaban J connectivity index is 2.03. The van der Waals surface area contributed by atoms with Gasteiger partial charge in [0.05, 0.1) is 0 Å². The Morgan fingerprint density at radius 3 is 2.21 bits per heavy atom. The van der Waals surface area contributed by atoms with E-state index >= 15 is 0 Å². The molecule has 0 bridgehead atoms. The summed E-state index contributed by atoms with van der Waals surface area (Å²) in [4.78, 5) is 24.7. The van der Waals surface area contributed by atoms with E-state index in [0.29, 0.717) is 5.56 Å². The van der Waals surface area contributed by atoms with Crippen LogP contribution in [0.1, 0.15) is 17.3 Å². The third-order valence-electron chi connectivity index (χ3n) is 3.31. The fraction of sp³-hybridized carbons (Fsp3) is 0.176. The first kappa shape index (κ1) is 18.1. The van der Waals surface area contributed by atoms with Crippen molar-refractivity contribution in [1.29, 1.82) is 0 Å². The zero-order valence-corrected chi connectivity index (χ0v) is 14.4. The minimum absolute atomic E-state index is 0.0462. The molecule has 0 heterocycles. The van der Waals surface area contributed by atoms with Gasteiger partial charge >= 0.3 is 0 Å². The number of rotatable bonds is 5. The van der Waals surface area contributed by atoms with Gasteiger partial charge in [0.1, 0.15) is 17.3 Å². The van der Waals surface area contributed by atoms with Crippen LogP contribution in [0.25, 0.3) is 0 Å². The minimum Gasteiger partial charge on any atom is -0.350 e. The first-order valence-electron chi connectivity index (χ1n) is 7.16. The van der Waals surface area contributed by atoms with E-state index in [0.717, 1.165) is 21.5 Å². The maximum Gasteiger partial charge on any atom is 0.251 e. The number of benzene rings is 2. The molecule has 0 aliphatic heterocycles. The number of anilines is 1. The zero-order valence-electron chi connectivity index (χ0n) is 12.9. The molecule has 0 aliphatic rings. The summed E-state index contributed by atoms with van der Waals surface area (Å²) in [6.45, 7) is 1.22. The maximum absolute atomic E-state index is 13.8. The van der Waals surface area contributed by atoms with Crippen LogP contribution in [0.2, 0.25) is 0 Å². The number of carbonyl (C=O) groups excluding carboxylic acids is 2. The van der Waals surface area contributed by atoms with Gasteiger partial charge in [0.15, 0.2) is 0 Å². The second-order valence-electron chi connectivity index (χ2n) is 5.00. The van der Waals surface area contributed by atoms with Crippen LogP contribution in [-0.2, 0) is 4.79 Å². The Morgan fingerprint density at radius 2 is 1.67 bits per heavy atom. The molecular formula is C17H15BrF2N2O2. The molecule has 0 unspecified atom stereocenters. The predicted molar refractivity (Wildman–Crippen MR) is 90.9 cm³/mol. The molecule has 0 radical (unpaired) electrons. The van der Waals surface area contributed by atoms with Crippen LogP contribution < -0.4 is 10.2 Å². The lowest BCUT2D eigenvalue weighted by Gasteiger charge is -2.22. The molecule has 0 aliphatic carbocycles. The molecule has 1 N–H and O–H groups in total. The quantitative estimate of drug-likeness (QED) is 0.840. The molecule has 2 rings (SSSR count). The van der Waals surface area contributed by atoms with Crippen molar-refractivity contribution in [2.24, 2.45) is 0 Å². The predicted octanol–water partition coefficient (Wildman–Crippen LogP) is 3.51. The lowest BCUT2D eigenvalue weighted by Crippen LogP contribution is -2.38. The summed E-state index contributed by atoms with van der Waals surface area (Å²) in [5.41, 5.74) is 0.0348. The van der Waals surface area contributed by atoms with E-state index < -0.39 is 23.2 Å². The molecule has 7 heteroatoms. The molecule has 0 spiro atoms. The third-order valence-corrected chi connectivity index (χ3v) is 3.84. The van der Waals surface area contributed by atoms with E-state index in [1.165, 1.54) is 13.0 Å². The van der Waals surface area contributed by atoms with Crippen molar-refractivity contribution in [3.05, 3.63) is 64.1 Å². The summed E-state index contributed by atoms with van der Waals surface area (Å²) in [6, 6.07) is 10.1. The van der Waals surface area contributed by atoms with Crippen LogP contribution in [0.15, 0.2) is 46.9 Å². The minimum atomic E-state index is -0.829. The fourth-order valence-corrected chi connectivity index (χ4v) is 2.42. The lowest BCUT2D eigenvalue weighted by molar-refractivity contribution is -0.116. The first-order chi connectivity index (χ1) is 11.4. The molecule has 2 aromatic carbocycles. The number of halogens is 3. The molecule has 24 heavy (non-hydrogen) atoms. The van der Waals surface area contributed by atoms with Crippen LogP contribution in [0, 0.1) is 11.6 Å². The van der Waals surface area contributed by atoms with Crippen molar-refractivity contribution in [1.82, 2.24) is 5.32 Å². The molecule has 0 saturated carbocycles. The molecule has 2 amide bonds. The van der Waals surface area contributed by atoms with Crippen molar-refractivity contribution in [3.8, 4) is 0 Å². The van der Waals surface area contributed by atoms with Gasteiger partial charge in [0.25, 0.3) is 5.91 Å². The van der Waals surface area contributed by atoms with Crippen molar-refractivity contribution < 1.29 is 18.4 Å². The Kier molecular flexibility index (Phi) is 6.03. The van der Waals surface area contributed by atoms with Crippen molar-refractivity contribution in [2.75, 3.05) is 18.0 Å². The number of hydrogen-bond acceptors (Lipinski definition) is 2. The molecule has 0 atom stereocenters. The number of nitrogens with zero attached hydrogens (tertiary/aromatic N) is 1. The maximum atomic E-state index is 13.8. The van der Waals surface area contributed by atoms with Crippen molar-refractivity contribution in [3.63, 3.8) is 0 Å². The number of carbonyl (C=O) groups is 2. The van der Waals surface area contributed by atoms with Gasteiger partial charge in [-0.2, -0.15) is 0 Å². The molecule has 2 aromatic rings. The highest BCUT2D eigenvalue weighted by molar-refractivity contribution is 9.10. The standard InChI is InChI=1S/C17H15BrF2N2O2/c1-11(23)22(16-14(19)3-2-4-15(16)20)10-9-21-17(24)12-5-7-13(18)8-6-12/h2-8H,9-10H2,1H3,(H,21,24). The molecule has 0 aromatic heterocycles. The van der Waals surface area contributed by atoms with Gasteiger partial charge in [-0.05, 0) is 36.4 Å². The summed E-state index contributed by atoms with van der Waals surface area (Å²) < 4.78 is 28.5. The van der Waals surface area contributed by atoms with E-state index in [9.17, 15) is 18.4 Å². The average molecular weight is 397 g/mol. The smallest absolute Gasteiger partial charge is 0.251 e. The Labute approximate surface area is 146 Å². The SMILES string of the molecule is CC(=O)N(CCNC(=O)c1ccc(Br)cc1)c1c(F)cccc1F. The summed E-state index contributed by atoms with van der Waals surface area (Å²) in [5, 5.41) is 2.62. The van der Waals surface area contributed by atoms with Gasteiger partial charge in [0, 0.05) is 30.0 Å². The summed E-state index contributed by atoms with van der Waals surface area (Å²) in [6.07, 6.45) is 0. The Morgan fingerprint density at radius 1 is 1.08 bits per heavy atom. The molecule has 0 saturated heterocycles. The van der Waals surface area contributed by atoms with Gasteiger partial charge in [-0.1, -0.05) is 22.0 Å². The van der Waals surface area contributed by atoms with E-state index in [1.54, 1.807) is 24.3 Å². The number of hydrogen-bond donors (Lipinski definition) is 1. The topological polar surface area (TPSA) is 49.4 Å². The molecule has 4 nitrogen and oxygen atoms in total. The molecular weight excluding hydrogens is 382 g/mol. The van der Waals surface area contributed by atoms with Gasteiger partial charge < -0.3 is 10.2 Å². The number of para-hydroxylation sites is 1. The molecule has 0 fully saturated rings. The van der Waals surface area contributed by atoms with Crippen molar-refractivity contribution >= 4 is 33.4 Å². The zero-order chi connectivity index (χ0) is 17.7. The van der Waals surface area contributed by atoms with Crippen LogP contribution in [0.3, 0.4) is 0 Å². The lowest BCUT2D eigenvalue weighted by atomic mass is 10.2. The van der Waals surface area contributed by atoms with E-state index in [2.05, 4.69) is 21.2 Å². The second-order valence-corrected chi connectivity index (χ2v) is 5.92. The van der Waals surface area contributed by atoms with Gasteiger partial charge in [-0.3, -0.25) is 9.59 Å². The van der Waals surface area contributed by atoms with Gasteiger partial charge in [0.2, 0.25) is 5.91 Å². The third kappa shape index (κ3) is 4.38. The molecule has 126 valence electrons. The summed E-state index contributed by atoms with van der Waals surface area (Å²) in [5.74, 6) is -2.51. The van der Waals surface area contributed by atoms with Crippen LogP contribution >= 0.6 is 15.9 Å². The van der Waals surface area contributed by atoms with Gasteiger partial charge in [-0.15, -0.1) is 0 Å². The number of nitrogens with one attached hydrogen (secondary N) is 1. The first-order valence-corrected chi connectivity index (χ1v) is 7.95. The monoisotopic (exact) mass is 396 g/mol. The summed E-state index contributed by atoms with van der Waals surface area (Å²) >= 11 is 3.27. The van der Waals surface area contributed by atoms with E-state index in [4.69, 9.17) is 0 Å². The van der Waals surface area contributed by atoms with Crippen LogP contribution in [0.5, 0.6) is 0 Å². The van der Waals surface area contributed by atoms with Crippen LogP contribution in [-0.4, -0.2) is 24.9 Å².